The van der Waals surface area contributed by atoms with Crippen molar-refractivity contribution in [1.82, 2.24) is 4.90 Å². The summed E-state index contributed by atoms with van der Waals surface area (Å²) in [7, 11) is 1.68. The number of halogens is 1. The summed E-state index contributed by atoms with van der Waals surface area (Å²) >= 11 is 0. The second-order valence-corrected chi connectivity index (χ2v) is 8.44. The van der Waals surface area contributed by atoms with Gasteiger partial charge in [-0.2, -0.15) is 0 Å². The Morgan fingerprint density at radius 3 is 2.69 bits per heavy atom. The summed E-state index contributed by atoms with van der Waals surface area (Å²) in [5.74, 6) is 0.460. The van der Waals surface area contributed by atoms with E-state index in [-0.39, 0.29) is 5.82 Å². The first kappa shape index (κ1) is 20.7. The van der Waals surface area contributed by atoms with Gasteiger partial charge in [0.05, 0.1) is 12.7 Å². The Balaban J connectivity index is 1.61. The molecule has 5 heteroatoms. The number of esters is 1. The quantitative estimate of drug-likeness (QED) is 0.390. The van der Waals surface area contributed by atoms with Gasteiger partial charge in [0.15, 0.2) is 0 Å². The number of carbonyl (C=O) groups excluding carboxylic acids is 1. The highest BCUT2D eigenvalue weighted by molar-refractivity contribution is 5.93. The Hall–Kier alpha value is -3.18. The number of rotatable bonds is 5. The second kappa shape index (κ2) is 8.40. The van der Waals surface area contributed by atoms with Crippen LogP contribution in [0.15, 0.2) is 54.6 Å². The number of benzene rings is 3. The number of nitrogens with zero attached hydrogens (tertiary/aromatic N) is 1. The van der Waals surface area contributed by atoms with Crippen LogP contribution in [-0.2, 0) is 12.8 Å². The SMILES string of the molecule is CCCN1CCc2cc(OC)cc3c2[C@H]1Cc1cccc(OC(=O)c2ccc(F)cc2)c1-3. The largest absolute Gasteiger partial charge is 0.497 e. The normalized spacial score (nSPS) is 16.8. The Kier molecular flexibility index (Phi) is 5.43. The van der Waals surface area contributed by atoms with Crippen molar-refractivity contribution in [1.29, 1.82) is 0 Å². The summed E-state index contributed by atoms with van der Waals surface area (Å²) < 4.78 is 24.7. The highest BCUT2D eigenvalue weighted by atomic mass is 19.1. The first-order chi connectivity index (χ1) is 15.6. The maximum Gasteiger partial charge on any atom is 0.343 e. The van der Waals surface area contributed by atoms with Crippen LogP contribution in [0.1, 0.15) is 46.4 Å². The second-order valence-electron chi connectivity index (χ2n) is 8.44. The van der Waals surface area contributed by atoms with E-state index in [9.17, 15) is 9.18 Å². The van der Waals surface area contributed by atoms with E-state index in [4.69, 9.17) is 9.47 Å². The molecule has 1 atom stereocenters. The minimum Gasteiger partial charge on any atom is -0.497 e. The van der Waals surface area contributed by atoms with Crippen LogP contribution < -0.4 is 9.47 Å². The smallest absolute Gasteiger partial charge is 0.343 e. The van der Waals surface area contributed by atoms with Gasteiger partial charge in [-0.05, 0) is 90.5 Å². The first-order valence-corrected chi connectivity index (χ1v) is 11.1. The molecule has 32 heavy (non-hydrogen) atoms. The molecule has 0 fully saturated rings. The Labute approximate surface area is 187 Å². The van der Waals surface area contributed by atoms with Crippen molar-refractivity contribution in [3.8, 4) is 22.6 Å². The molecule has 0 N–H and O–H groups in total. The Bertz CT molecular complexity index is 1170. The van der Waals surface area contributed by atoms with Gasteiger partial charge in [0, 0.05) is 18.2 Å². The molecule has 0 spiro atoms. The molecular formula is C27H26FNO3. The van der Waals surface area contributed by atoms with Gasteiger partial charge in [-0.15, -0.1) is 0 Å². The van der Waals surface area contributed by atoms with E-state index in [0.717, 1.165) is 54.8 Å². The number of ether oxygens (including phenoxy) is 2. The van der Waals surface area contributed by atoms with Crippen LogP contribution in [-0.4, -0.2) is 31.1 Å². The molecule has 0 saturated heterocycles. The maximum atomic E-state index is 13.3. The molecule has 0 unspecified atom stereocenters. The summed E-state index contributed by atoms with van der Waals surface area (Å²) in [5.41, 5.74) is 6.14. The third kappa shape index (κ3) is 3.56. The van der Waals surface area contributed by atoms with E-state index in [2.05, 4.69) is 30.0 Å². The average molecular weight is 432 g/mol. The number of methoxy groups -OCH3 is 1. The average Bonchev–Trinajstić information content (AvgIpc) is 2.81. The monoisotopic (exact) mass is 431 g/mol. The molecule has 1 aliphatic heterocycles. The van der Waals surface area contributed by atoms with Gasteiger partial charge < -0.3 is 9.47 Å². The number of hydrogen-bond acceptors (Lipinski definition) is 4. The van der Waals surface area contributed by atoms with Crippen molar-refractivity contribution < 1.29 is 18.7 Å². The third-order valence-corrected chi connectivity index (χ3v) is 6.51. The fourth-order valence-electron chi connectivity index (χ4n) is 5.09. The van der Waals surface area contributed by atoms with E-state index < -0.39 is 5.97 Å². The lowest BCUT2D eigenvalue weighted by atomic mass is 9.76. The fraction of sp³-hybridized carbons (Fsp3) is 0.296. The first-order valence-electron chi connectivity index (χ1n) is 11.1. The zero-order chi connectivity index (χ0) is 22.2. The number of hydrogen-bond donors (Lipinski definition) is 0. The molecule has 0 aromatic heterocycles. The molecule has 3 aromatic rings. The van der Waals surface area contributed by atoms with Crippen molar-refractivity contribution in [2.24, 2.45) is 0 Å². The summed E-state index contributed by atoms with van der Waals surface area (Å²) in [4.78, 5) is 15.4. The van der Waals surface area contributed by atoms with Gasteiger partial charge in [-0.1, -0.05) is 19.1 Å². The molecule has 0 amide bonds. The molecule has 1 heterocycles. The summed E-state index contributed by atoms with van der Waals surface area (Å²) in [6, 6.07) is 15.8. The highest BCUT2D eigenvalue weighted by Crippen LogP contribution is 2.49. The summed E-state index contributed by atoms with van der Waals surface area (Å²) in [6.45, 7) is 4.31. The Morgan fingerprint density at radius 2 is 1.94 bits per heavy atom. The fourth-order valence-corrected chi connectivity index (χ4v) is 5.09. The molecule has 0 radical (unpaired) electrons. The van der Waals surface area contributed by atoms with Gasteiger partial charge >= 0.3 is 5.97 Å². The van der Waals surface area contributed by atoms with E-state index in [0.29, 0.717) is 17.4 Å². The number of carbonyl (C=O) groups is 1. The van der Waals surface area contributed by atoms with Gasteiger partial charge in [0.2, 0.25) is 0 Å². The number of fused-ring (bicyclic) bond motifs is 2. The predicted octanol–water partition coefficient (Wildman–Crippen LogP) is 5.59. The van der Waals surface area contributed by atoms with Gasteiger partial charge in [-0.3, -0.25) is 4.90 Å². The van der Waals surface area contributed by atoms with Crippen LogP contribution >= 0.6 is 0 Å². The molecule has 4 nitrogen and oxygen atoms in total. The molecule has 0 saturated carbocycles. The zero-order valence-electron chi connectivity index (χ0n) is 18.4. The van der Waals surface area contributed by atoms with Crippen molar-refractivity contribution >= 4 is 5.97 Å². The van der Waals surface area contributed by atoms with Crippen LogP contribution in [0.3, 0.4) is 0 Å². The van der Waals surface area contributed by atoms with Crippen molar-refractivity contribution in [2.45, 2.75) is 32.2 Å². The summed E-state index contributed by atoms with van der Waals surface area (Å²) in [5, 5.41) is 0. The minimum absolute atomic E-state index is 0.315. The van der Waals surface area contributed by atoms with Gasteiger partial charge in [-0.25, -0.2) is 9.18 Å². The molecule has 3 aromatic carbocycles. The van der Waals surface area contributed by atoms with Gasteiger partial charge in [0.1, 0.15) is 17.3 Å². The van der Waals surface area contributed by atoms with E-state index in [1.807, 2.05) is 12.1 Å². The van der Waals surface area contributed by atoms with Crippen LogP contribution in [0.5, 0.6) is 11.5 Å². The van der Waals surface area contributed by atoms with E-state index >= 15 is 0 Å². The lowest BCUT2D eigenvalue weighted by Gasteiger charge is -2.42. The Morgan fingerprint density at radius 1 is 1.12 bits per heavy atom. The molecule has 5 rings (SSSR count). The molecule has 1 aliphatic carbocycles. The predicted molar refractivity (Wildman–Crippen MR) is 122 cm³/mol. The molecular weight excluding hydrogens is 405 g/mol. The standard InChI is InChI=1S/C27H26FNO3/c1-3-12-29-13-11-19-14-21(31-2)16-22-25(19)23(29)15-18-5-4-6-24(26(18)22)32-27(30)17-7-9-20(28)10-8-17/h4-10,14,16,23H,3,11-13,15H2,1-2H3/t23-/m1/s1. The maximum absolute atomic E-state index is 13.3. The van der Waals surface area contributed by atoms with E-state index in [1.54, 1.807) is 7.11 Å². The van der Waals surface area contributed by atoms with Crippen LogP contribution in [0.4, 0.5) is 4.39 Å². The molecule has 164 valence electrons. The van der Waals surface area contributed by atoms with Crippen LogP contribution in [0.2, 0.25) is 0 Å². The zero-order valence-corrected chi connectivity index (χ0v) is 18.4. The van der Waals surface area contributed by atoms with Crippen molar-refractivity contribution in [3.05, 3.63) is 82.7 Å². The minimum atomic E-state index is -0.495. The van der Waals surface area contributed by atoms with Crippen LogP contribution in [0, 0.1) is 5.82 Å². The molecule has 0 bridgehead atoms. The molecule has 2 aliphatic rings. The highest BCUT2D eigenvalue weighted by Gasteiger charge is 2.36. The topological polar surface area (TPSA) is 38.8 Å². The third-order valence-electron chi connectivity index (χ3n) is 6.51. The van der Waals surface area contributed by atoms with E-state index in [1.165, 1.54) is 35.4 Å². The van der Waals surface area contributed by atoms with Gasteiger partial charge in [0.25, 0.3) is 0 Å². The van der Waals surface area contributed by atoms with Crippen LogP contribution in [0.25, 0.3) is 11.1 Å². The lowest BCUT2D eigenvalue weighted by Crippen LogP contribution is -2.39. The van der Waals surface area contributed by atoms with Crippen molar-refractivity contribution in [2.75, 3.05) is 20.2 Å². The lowest BCUT2D eigenvalue weighted by molar-refractivity contribution is 0.0735. The summed E-state index contributed by atoms with van der Waals surface area (Å²) in [6.07, 6.45) is 2.96. The van der Waals surface area contributed by atoms with Crippen molar-refractivity contribution in [3.63, 3.8) is 0 Å².